The molecular weight excluding hydrogens is 166 g/mol. The van der Waals surface area contributed by atoms with Crippen molar-refractivity contribution in [3.63, 3.8) is 0 Å². The van der Waals surface area contributed by atoms with Crippen molar-refractivity contribution in [1.29, 1.82) is 5.26 Å². The number of aromatic nitrogens is 1. The normalized spacial score (nSPS) is 8.92. The van der Waals surface area contributed by atoms with Crippen molar-refractivity contribution in [2.24, 2.45) is 0 Å². The molecule has 4 nitrogen and oxygen atoms in total. The van der Waals surface area contributed by atoms with Gasteiger partial charge in [-0.2, -0.15) is 5.26 Å². The molecule has 0 spiro atoms. The highest BCUT2D eigenvalue weighted by molar-refractivity contribution is 5.91. The summed E-state index contributed by atoms with van der Waals surface area (Å²) in [6.07, 6.45) is 1.90. The monoisotopic (exact) mass is 175 g/mol. The van der Waals surface area contributed by atoms with E-state index in [2.05, 4.69) is 10.3 Å². The molecule has 0 radical (unpaired) electrons. The number of nitriles is 1. The Morgan fingerprint density at radius 2 is 2.54 bits per heavy atom. The first-order chi connectivity index (χ1) is 6.27. The molecule has 66 valence electrons. The van der Waals surface area contributed by atoms with Gasteiger partial charge in [0.05, 0.1) is 5.69 Å². The zero-order valence-corrected chi connectivity index (χ0v) is 7.24. The Hall–Kier alpha value is -1.89. The first-order valence-corrected chi connectivity index (χ1v) is 3.93. The summed E-state index contributed by atoms with van der Waals surface area (Å²) in [5.41, 5.74) is 0.709. The van der Waals surface area contributed by atoms with Gasteiger partial charge in [0.15, 0.2) is 5.69 Å². The van der Waals surface area contributed by atoms with Crippen molar-refractivity contribution in [1.82, 2.24) is 4.98 Å². The predicted octanol–water partition coefficient (Wildman–Crippen LogP) is 1.30. The van der Waals surface area contributed by atoms with Crippen molar-refractivity contribution < 1.29 is 4.79 Å². The first kappa shape index (κ1) is 9.20. The van der Waals surface area contributed by atoms with Crippen LogP contribution in [0.2, 0.25) is 0 Å². The van der Waals surface area contributed by atoms with Crippen molar-refractivity contribution in [3.8, 4) is 6.07 Å². The lowest BCUT2D eigenvalue weighted by molar-refractivity contribution is -0.115. The molecule has 0 saturated heterocycles. The number of hydrogen-bond donors (Lipinski definition) is 1. The van der Waals surface area contributed by atoms with Gasteiger partial charge >= 0.3 is 0 Å². The maximum Gasteiger partial charge on any atom is 0.224 e. The van der Waals surface area contributed by atoms with E-state index in [1.165, 1.54) is 6.20 Å². The number of rotatable bonds is 2. The van der Waals surface area contributed by atoms with Gasteiger partial charge in [-0.15, -0.1) is 0 Å². The van der Waals surface area contributed by atoms with Crippen LogP contribution in [-0.4, -0.2) is 10.9 Å². The topological polar surface area (TPSA) is 65.8 Å². The minimum Gasteiger partial charge on any atom is -0.324 e. The fourth-order valence-corrected chi connectivity index (χ4v) is 0.834. The third-order valence-corrected chi connectivity index (χ3v) is 1.51. The van der Waals surface area contributed by atoms with E-state index in [1.807, 2.05) is 6.07 Å². The second-order valence-corrected chi connectivity index (χ2v) is 2.41. The van der Waals surface area contributed by atoms with Gasteiger partial charge in [0, 0.05) is 12.6 Å². The molecular formula is C9H9N3O. The van der Waals surface area contributed by atoms with Crippen LogP contribution in [0.3, 0.4) is 0 Å². The molecule has 0 atom stereocenters. The Labute approximate surface area is 76.2 Å². The van der Waals surface area contributed by atoms with Crippen LogP contribution in [0.1, 0.15) is 19.0 Å². The molecule has 1 heterocycles. The number of carbonyl (C=O) groups excluding carboxylic acids is 1. The molecule has 1 rings (SSSR count). The highest BCUT2D eigenvalue weighted by atomic mass is 16.1. The second-order valence-electron chi connectivity index (χ2n) is 2.41. The van der Waals surface area contributed by atoms with Gasteiger partial charge in [0.1, 0.15) is 6.07 Å². The average molecular weight is 175 g/mol. The Morgan fingerprint density at radius 1 is 1.77 bits per heavy atom. The number of nitrogens with zero attached hydrogens (tertiary/aromatic N) is 2. The second kappa shape index (κ2) is 4.21. The molecule has 0 aliphatic rings. The minimum atomic E-state index is -0.121. The lowest BCUT2D eigenvalue weighted by atomic mass is 10.3. The first-order valence-electron chi connectivity index (χ1n) is 3.93. The number of amides is 1. The molecule has 0 aromatic carbocycles. The summed E-state index contributed by atoms with van der Waals surface area (Å²) in [6.45, 7) is 1.75. The Kier molecular flexibility index (Phi) is 2.98. The van der Waals surface area contributed by atoms with Crippen LogP contribution >= 0.6 is 0 Å². The van der Waals surface area contributed by atoms with Gasteiger partial charge in [-0.3, -0.25) is 4.79 Å². The average Bonchev–Trinajstić information content (AvgIpc) is 2.18. The zero-order chi connectivity index (χ0) is 9.68. The summed E-state index contributed by atoms with van der Waals surface area (Å²) in [6, 6.07) is 5.22. The molecule has 4 heteroatoms. The van der Waals surface area contributed by atoms with Crippen molar-refractivity contribution in [2.75, 3.05) is 5.32 Å². The summed E-state index contributed by atoms with van der Waals surface area (Å²) >= 11 is 0. The van der Waals surface area contributed by atoms with E-state index in [0.717, 1.165) is 0 Å². The molecule has 1 aromatic rings. The Bertz CT molecular complexity index is 354. The highest BCUT2D eigenvalue weighted by Crippen LogP contribution is 2.10. The van der Waals surface area contributed by atoms with Crippen LogP contribution in [0.25, 0.3) is 0 Å². The maximum absolute atomic E-state index is 11.0. The zero-order valence-electron chi connectivity index (χ0n) is 7.24. The predicted molar refractivity (Wildman–Crippen MR) is 47.9 cm³/mol. The summed E-state index contributed by atoms with van der Waals surface area (Å²) in [5.74, 6) is -0.121. The molecule has 0 saturated carbocycles. The third-order valence-electron chi connectivity index (χ3n) is 1.51. The summed E-state index contributed by atoms with van der Waals surface area (Å²) in [7, 11) is 0. The number of nitrogens with one attached hydrogen (secondary N) is 1. The largest absolute Gasteiger partial charge is 0.324 e. The van der Waals surface area contributed by atoms with Crippen LogP contribution in [-0.2, 0) is 4.79 Å². The van der Waals surface area contributed by atoms with Crippen LogP contribution in [0.5, 0.6) is 0 Å². The van der Waals surface area contributed by atoms with Gasteiger partial charge in [0.2, 0.25) is 5.91 Å². The van der Waals surface area contributed by atoms with E-state index in [-0.39, 0.29) is 11.6 Å². The fourth-order valence-electron chi connectivity index (χ4n) is 0.834. The molecule has 1 aromatic heterocycles. The van der Waals surface area contributed by atoms with Crippen molar-refractivity contribution >= 4 is 11.6 Å². The van der Waals surface area contributed by atoms with Crippen LogP contribution in [0, 0.1) is 11.3 Å². The SMILES string of the molecule is CCC(=O)Nc1cccnc1C#N. The lowest BCUT2D eigenvalue weighted by Crippen LogP contribution is -2.10. The molecule has 1 amide bonds. The summed E-state index contributed by atoms with van der Waals surface area (Å²) < 4.78 is 0. The minimum absolute atomic E-state index is 0.121. The quantitative estimate of drug-likeness (QED) is 0.736. The highest BCUT2D eigenvalue weighted by Gasteiger charge is 2.04. The van der Waals surface area contributed by atoms with Crippen molar-refractivity contribution in [3.05, 3.63) is 24.0 Å². The number of carbonyl (C=O) groups is 1. The van der Waals surface area contributed by atoms with Gasteiger partial charge in [-0.1, -0.05) is 6.92 Å². The Morgan fingerprint density at radius 3 is 3.15 bits per heavy atom. The van der Waals surface area contributed by atoms with E-state index in [9.17, 15) is 4.79 Å². The van der Waals surface area contributed by atoms with Gasteiger partial charge in [-0.25, -0.2) is 4.98 Å². The molecule has 0 unspecified atom stereocenters. The van der Waals surface area contributed by atoms with E-state index < -0.39 is 0 Å². The van der Waals surface area contributed by atoms with Crippen molar-refractivity contribution in [2.45, 2.75) is 13.3 Å². The molecule has 0 aliphatic carbocycles. The maximum atomic E-state index is 11.0. The van der Waals surface area contributed by atoms with Crippen LogP contribution in [0.15, 0.2) is 18.3 Å². The van der Waals surface area contributed by atoms with Gasteiger partial charge < -0.3 is 5.32 Å². The van der Waals surface area contributed by atoms with Gasteiger partial charge in [-0.05, 0) is 12.1 Å². The molecule has 1 N–H and O–H groups in total. The summed E-state index contributed by atoms with van der Waals surface area (Å²) in [5, 5.41) is 11.2. The summed E-state index contributed by atoms with van der Waals surface area (Å²) in [4.78, 5) is 14.8. The molecule has 0 bridgehead atoms. The molecule has 13 heavy (non-hydrogen) atoms. The smallest absolute Gasteiger partial charge is 0.224 e. The van der Waals surface area contributed by atoms with E-state index in [4.69, 9.17) is 5.26 Å². The van der Waals surface area contributed by atoms with E-state index in [0.29, 0.717) is 12.1 Å². The van der Waals surface area contributed by atoms with E-state index >= 15 is 0 Å². The van der Waals surface area contributed by atoms with Crippen LogP contribution in [0.4, 0.5) is 5.69 Å². The van der Waals surface area contributed by atoms with Gasteiger partial charge in [0.25, 0.3) is 0 Å². The standard InChI is InChI=1S/C9H9N3O/c1-2-9(13)12-7-4-3-5-11-8(7)6-10/h3-5H,2H2,1H3,(H,12,13). The lowest BCUT2D eigenvalue weighted by Gasteiger charge is -2.03. The van der Waals surface area contributed by atoms with Crippen LogP contribution < -0.4 is 5.32 Å². The third kappa shape index (κ3) is 2.27. The number of hydrogen-bond acceptors (Lipinski definition) is 3. The Balaban J connectivity index is 2.89. The molecule has 0 fully saturated rings. The number of anilines is 1. The number of pyridine rings is 1. The fraction of sp³-hybridized carbons (Fsp3) is 0.222. The molecule has 0 aliphatic heterocycles. The van der Waals surface area contributed by atoms with E-state index in [1.54, 1.807) is 19.1 Å².